The van der Waals surface area contributed by atoms with Crippen LogP contribution in [-0.4, -0.2) is 6.72 Å². The zero-order chi connectivity index (χ0) is 32.7. The topological polar surface area (TPSA) is 27.6 Å². The lowest BCUT2D eigenvalue weighted by molar-refractivity contribution is 0.828. The van der Waals surface area contributed by atoms with Gasteiger partial charge in [-0.05, 0) is 83.6 Å². The van der Waals surface area contributed by atoms with Crippen LogP contribution in [0.1, 0.15) is 49.5 Å². The van der Waals surface area contributed by atoms with Crippen LogP contribution >= 0.6 is 0 Å². The summed E-state index contributed by atoms with van der Waals surface area (Å²) in [6.07, 6.45) is 14.5. The maximum Gasteiger partial charge on any atom is 0.130 e. The van der Waals surface area contributed by atoms with E-state index in [-0.39, 0.29) is 6.17 Å². The number of benzene rings is 5. The average Bonchev–Trinajstić information content (AvgIpc) is 3.54. The third-order valence-corrected chi connectivity index (χ3v) is 8.13. The summed E-state index contributed by atoms with van der Waals surface area (Å²) in [5.41, 5.74) is 11.2. The van der Waals surface area contributed by atoms with Crippen LogP contribution in [0.25, 0.3) is 11.1 Å². The van der Waals surface area contributed by atoms with Crippen LogP contribution in [0.15, 0.2) is 174 Å². The minimum atomic E-state index is 0.0555. The highest BCUT2D eigenvalue weighted by Gasteiger charge is 2.30. The first-order valence-corrected chi connectivity index (χ1v) is 16.7. The van der Waals surface area contributed by atoms with Gasteiger partial charge in [0.05, 0.1) is 17.9 Å². The molecule has 0 fully saturated rings. The first-order chi connectivity index (χ1) is 23.3. The maximum absolute atomic E-state index is 3.95. The molecule has 236 valence electrons. The second-order valence-corrected chi connectivity index (χ2v) is 11.3. The van der Waals surface area contributed by atoms with Gasteiger partial charge in [0.2, 0.25) is 0 Å². The molecule has 5 aromatic carbocycles. The summed E-state index contributed by atoms with van der Waals surface area (Å²) in [6, 6.07) is 46.9. The summed E-state index contributed by atoms with van der Waals surface area (Å²) in [5, 5.41) is 3.69. The van der Waals surface area contributed by atoms with E-state index in [0.29, 0.717) is 6.54 Å². The molecule has 1 N–H and O–H groups in total. The predicted octanol–water partition coefficient (Wildman–Crippen LogP) is 11.9. The molecular weight excluding hydrogens is 571 g/mol. The number of hydrogen-bond donors (Lipinski definition) is 1. The van der Waals surface area contributed by atoms with E-state index in [1.165, 1.54) is 57.6 Å². The molecule has 1 aliphatic heterocycles. The molecule has 2 aliphatic rings. The summed E-state index contributed by atoms with van der Waals surface area (Å²) in [7, 11) is 0. The number of para-hydroxylation sites is 3. The number of allylic oxidation sites excluding steroid dienone is 6. The smallest absolute Gasteiger partial charge is 0.130 e. The van der Waals surface area contributed by atoms with E-state index in [0.717, 1.165) is 12.1 Å². The van der Waals surface area contributed by atoms with Crippen LogP contribution in [0.5, 0.6) is 0 Å². The Hall–Kier alpha value is -5.41. The van der Waals surface area contributed by atoms with E-state index in [2.05, 4.69) is 186 Å². The van der Waals surface area contributed by atoms with Gasteiger partial charge >= 0.3 is 0 Å². The normalized spacial score (nSPS) is 14.6. The second-order valence-electron chi connectivity index (χ2n) is 11.3. The average molecular weight is 616 g/mol. The molecule has 47 heavy (non-hydrogen) atoms. The van der Waals surface area contributed by atoms with Crippen LogP contribution < -0.4 is 10.2 Å². The summed E-state index contributed by atoms with van der Waals surface area (Å²) in [5.74, 6) is 0. The molecule has 7 rings (SSSR count). The molecular formula is C44H45N3. The van der Waals surface area contributed by atoms with Crippen molar-refractivity contribution in [2.24, 2.45) is 4.99 Å². The van der Waals surface area contributed by atoms with Crippen molar-refractivity contribution in [3.63, 3.8) is 0 Å². The lowest BCUT2D eigenvalue weighted by Gasteiger charge is -2.27. The molecule has 1 unspecified atom stereocenters. The molecule has 1 atom stereocenters. The van der Waals surface area contributed by atoms with Gasteiger partial charge in [-0.3, -0.25) is 4.99 Å². The Morgan fingerprint density at radius 3 is 2.04 bits per heavy atom. The van der Waals surface area contributed by atoms with Crippen molar-refractivity contribution >= 4 is 23.8 Å². The van der Waals surface area contributed by atoms with Crippen molar-refractivity contribution < 1.29 is 0 Å². The Kier molecular flexibility index (Phi) is 12.2. The fraction of sp³-hybridized carbons (Fsp3) is 0.159. The van der Waals surface area contributed by atoms with Gasteiger partial charge in [0.15, 0.2) is 0 Å². The minimum absolute atomic E-state index is 0.0555. The number of nitrogens with one attached hydrogen (secondary N) is 1. The van der Waals surface area contributed by atoms with Crippen molar-refractivity contribution in [1.29, 1.82) is 0 Å². The van der Waals surface area contributed by atoms with Gasteiger partial charge in [-0.15, -0.1) is 0 Å². The first kappa shape index (κ1) is 33.0. The van der Waals surface area contributed by atoms with Crippen LogP contribution in [-0.2, 0) is 13.0 Å². The van der Waals surface area contributed by atoms with E-state index in [1.54, 1.807) is 0 Å². The van der Waals surface area contributed by atoms with Crippen molar-refractivity contribution in [3.8, 4) is 11.1 Å². The van der Waals surface area contributed by atoms with Gasteiger partial charge in [-0.1, -0.05) is 153 Å². The number of aliphatic imine (C=N–C) groups is 1. The van der Waals surface area contributed by atoms with E-state index >= 15 is 0 Å². The highest BCUT2D eigenvalue weighted by atomic mass is 15.3. The minimum Gasteiger partial charge on any atom is -0.359 e. The second kappa shape index (κ2) is 17.3. The Balaban J connectivity index is 0.000000214. The third kappa shape index (κ3) is 8.86. The zero-order valence-corrected chi connectivity index (χ0v) is 27.6. The lowest BCUT2D eigenvalue weighted by atomic mass is 10.0. The summed E-state index contributed by atoms with van der Waals surface area (Å²) >= 11 is 0. The highest BCUT2D eigenvalue weighted by Crippen LogP contribution is 2.45. The van der Waals surface area contributed by atoms with Crippen molar-refractivity contribution in [1.82, 2.24) is 0 Å². The molecule has 0 bridgehead atoms. The SMILES string of the molecule is C1=CCCC(/C=C/Cc2ccccc2)=C1.C=NCc1ccc(-c2ccc(C3Nc4ccccc4N3c3ccccc3)cc2)cc1.CC. The first-order valence-electron chi connectivity index (χ1n) is 16.7. The van der Waals surface area contributed by atoms with E-state index in [1.807, 2.05) is 13.8 Å². The van der Waals surface area contributed by atoms with E-state index < -0.39 is 0 Å². The Morgan fingerprint density at radius 1 is 0.745 bits per heavy atom. The van der Waals surface area contributed by atoms with Gasteiger partial charge in [0.1, 0.15) is 6.17 Å². The maximum atomic E-state index is 3.95. The van der Waals surface area contributed by atoms with Crippen molar-refractivity contribution in [2.45, 2.75) is 45.8 Å². The van der Waals surface area contributed by atoms with Gasteiger partial charge in [-0.2, -0.15) is 0 Å². The predicted molar refractivity (Wildman–Crippen MR) is 204 cm³/mol. The number of hydrogen-bond acceptors (Lipinski definition) is 3. The van der Waals surface area contributed by atoms with Crippen molar-refractivity contribution in [3.05, 3.63) is 186 Å². The Morgan fingerprint density at radius 2 is 1.38 bits per heavy atom. The molecule has 0 saturated heterocycles. The standard InChI is InChI=1S/C27H23N3.C15H16.C2H6/c1-28-19-20-11-13-21(14-12-20)22-15-17-23(18-16-22)27-29-25-9-5-6-10-26(25)30(27)24-7-3-2-4-8-24;1-3-8-14(9-4-1)12-7-13-15-10-5-2-6-11-15;1-2/h2-18,27,29H,1,19H2;1-5,7-10,13H,6,11-12H2;1-2H3/b;13-7+;. The molecule has 0 radical (unpaired) electrons. The molecule has 0 aromatic heterocycles. The van der Waals surface area contributed by atoms with Gasteiger partial charge < -0.3 is 10.2 Å². The van der Waals surface area contributed by atoms with Crippen molar-refractivity contribution in [2.75, 3.05) is 10.2 Å². The van der Waals surface area contributed by atoms with Crippen LogP contribution in [0.4, 0.5) is 17.1 Å². The van der Waals surface area contributed by atoms with Crippen LogP contribution in [0.2, 0.25) is 0 Å². The van der Waals surface area contributed by atoms with E-state index in [9.17, 15) is 0 Å². The van der Waals surface area contributed by atoms with Crippen LogP contribution in [0, 0.1) is 0 Å². The largest absolute Gasteiger partial charge is 0.359 e. The molecule has 1 heterocycles. The number of rotatable bonds is 8. The molecule has 3 heteroatoms. The fourth-order valence-corrected chi connectivity index (χ4v) is 5.78. The summed E-state index contributed by atoms with van der Waals surface area (Å²) < 4.78 is 0. The number of anilines is 3. The lowest BCUT2D eigenvalue weighted by Crippen LogP contribution is -2.23. The Labute approximate surface area is 281 Å². The quantitative estimate of drug-likeness (QED) is 0.176. The Bertz CT molecular complexity index is 1770. The van der Waals surface area contributed by atoms with Gasteiger partial charge in [-0.25, -0.2) is 0 Å². The molecule has 1 aliphatic carbocycles. The molecule has 0 amide bonds. The van der Waals surface area contributed by atoms with E-state index in [4.69, 9.17) is 0 Å². The number of fused-ring (bicyclic) bond motifs is 1. The summed E-state index contributed by atoms with van der Waals surface area (Å²) in [4.78, 5) is 6.31. The summed E-state index contributed by atoms with van der Waals surface area (Å²) in [6.45, 7) is 8.22. The monoisotopic (exact) mass is 615 g/mol. The highest BCUT2D eigenvalue weighted by molar-refractivity contribution is 5.83. The molecule has 0 spiro atoms. The molecule has 0 saturated carbocycles. The fourth-order valence-electron chi connectivity index (χ4n) is 5.78. The molecule has 5 aromatic rings. The zero-order valence-electron chi connectivity index (χ0n) is 27.6. The number of nitrogens with zero attached hydrogens (tertiary/aromatic N) is 2. The van der Waals surface area contributed by atoms with Crippen LogP contribution in [0.3, 0.4) is 0 Å². The van der Waals surface area contributed by atoms with Gasteiger partial charge in [0, 0.05) is 5.69 Å². The van der Waals surface area contributed by atoms with Gasteiger partial charge in [0.25, 0.3) is 0 Å². The third-order valence-electron chi connectivity index (χ3n) is 8.13. The molecule has 3 nitrogen and oxygen atoms in total.